The number of hydrogen-bond donors (Lipinski definition) is 0. The van der Waals surface area contributed by atoms with E-state index in [2.05, 4.69) is 6.92 Å². The van der Waals surface area contributed by atoms with Crippen LogP contribution in [0.5, 0.6) is 11.5 Å². The summed E-state index contributed by atoms with van der Waals surface area (Å²) in [7, 11) is 1.66. The fourth-order valence-corrected chi connectivity index (χ4v) is 4.82. The molecule has 3 aliphatic rings. The van der Waals surface area contributed by atoms with Gasteiger partial charge in [-0.1, -0.05) is 25.8 Å². The van der Waals surface area contributed by atoms with Crippen molar-refractivity contribution in [2.45, 2.75) is 64.5 Å². The topological polar surface area (TPSA) is 57.2 Å². The third kappa shape index (κ3) is 5.92. The fourth-order valence-electron chi connectivity index (χ4n) is 4.82. The van der Waals surface area contributed by atoms with Crippen molar-refractivity contribution >= 4 is 5.91 Å². The lowest BCUT2D eigenvalue weighted by molar-refractivity contribution is -0.134. The molecular formula is C25H37NO5. The zero-order valence-electron chi connectivity index (χ0n) is 19.1. The van der Waals surface area contributed by atoms with Crippen molar-refractivity contribution in [1.29, 1.82) is 0 Å². The van der Waals surface area contributed by atoms with Crippen LogP contribution in [0.2, 0.25) is 0 Å². The highest BCUT2D eigenvalue weighted by Gasteiger charge is 2.34. The molecule has 1 unspecified atom stereocenters. The molecule has 0 spiro atoms. The second-order valence-corrected chi connectivity index (χ2v) is 9.84. The maximum atomic E-state index is 13.2. The molecule has 3 fully saturated rings. The molecule has 1 aromatic carbocycles. The van der Waals surface area contributed by atoms with Crippen molar-refractivity contribution in [1.82, 2.24) is 4.90 Å². The fraction of sp³-hybridized carbons (Fsp3) is 0.720. The minimum atomic E-state index is 0.0596. The van der Waals surface area contributed by atoms with Crippen LogP contribution in [0, 0.1) is 11.3 Å². The largest absolute Gasteiger partial charge is 0.493 e. The average Bonchev–Trinajstić information content (AvgIpc) is 3.45. The number of hydrogen-bond acceptors (Lipinski definition) is 5. The molecule has 31 heavy (non-hydrogen) atoms. The molecule has 0 bridgehead atoms. The summed E-state index contributed by atoms with van der Waals surface area (Å²) < 4.78 is 22.8. The summed E-state index contributed by atoms with van der Waals surface area (Å²) in [4.78, 5) is 15.2. The zero-order valence-corrected chi connectivity index (χ0v) is 19.1. The van der Waals surface area contributed by atoms with Crippen molar-refractivity contribution in [3.8, 4) is 11.5 Å². The van der Waals surface area contributed by atoms with E-state index in [1.54, 1.807) is 7.11 Å². The van der Waals surface area contributed by atoms with Crippen LogP contribution in [0.3, 0.4) is 0 Å². The summed E-state index contributed by atoms with van der Waals surface area (Å²) >= 11 is 0. The highest BCUT2D eigenvalue weighted by Crippen LogP contribution is 2.33. The Kier molecular flexibility index (Phi) is 7.39. The smallest absolute Gasteiger partial charge is 0.223 e. The Morgan fingerprint density at radius 1 is 1.16 bits per heavy atom. The monoisotopic (exact) mass is 431 g/mol. The predicted octanol–water partition coefficient (Wildman–Crippen LogP) is 4.20. The van der Waals surface area contributed by atoms with Gasteiger partial charge >= 0.3 is 0 Å². The molecule has 4 rings (SSSR count). The first-order valence-corrected chi connectivity index (χ1v) is 11.8. The number of carbonyl (C=O) groups excluding carboxylic acids is 1. The molecule has 0 radical (unpaired) electrons. The third-order valence-corrected chi connectivity index (χ3v) is 6.82. The third-order valence-electron chi connectivity index (χ3n) is 6.82. The van der Waals surface area contributed by atoms with Crippen LogP contribution < -0.4 is 9.47 Å². The standard InChI is InChI=1S/C25H37NO5/c1-25(16-29-17-25)18-31-23-12-20(9-10-22(23)28-2)14-26(15-21-8-5-11-30-21)24(27)13-19-6-3-4-7-19/h9-10,12,19,21H,3-8,11,13-18H2,1-2H3. The van der Waals surface area contributed by atoms with Gasteiger partial charge in [0.15, 0.2) is 11.5 Å². The van der Waals surface area contributed by atoms with E-state index in [4.69, 9.17) is 18.9 Å². The van der Waals surface area contributed by atoms with E-state index < -0.39 is 0 Å². The number of rotatable bonds is 10. The summed E-state index contributed by atoms with van der Waals surface area (Å²) in [6.07, 6.45) is 7.80. The number of carbonyl (C=O) groups is 1. The Hall–Kier alpha value is -1.79. The van der Waals surface area contributed by atoms with Gasteiger partial charge in [0.2, 0.25) is 5.91 Å². The first kappa shape index (κ1) is 22.4. The van der Waals surface area contributed by atoms with Crippen LogP contribution in [0.1, 0.15) is 57.4 Å². The maximum Gasteiger partial charge on any atom is 0.223 e. The molecule has 1 amide bonds. The molecule has 2 saturated heterocycles. The van der Waals surface area contributed by atoms with Gasteiger partial charge in [-0.05, 0) is 49.3 Å². The normalized spacial score (nSPS) is 22.8. The lowest BCUT2D eigenvalue weighted by atomic mass is 9.90. The summed E-state index contributed by atoms with van der Waals surface area (Å²) in [5, 5.41) is 0. The highest BCUT2D eigenvalue weighted by atomic mass is 16.5. The van der Waals surface area contributed by atoms with Crippen molar-refractivity contribution in [2.24, 2.45) is 11.3 Å². The van der Waals surface area contributed by atoms with Crippen LogP contribution in [0.15, 0.2) is 18.2 Å². The van der Waals surface area contributed by atoms with Crippen LogP contribution in [-0.4, -0.2) is 57.0 Å². The van der Waals surface area contributed by atoms with Gasteiger partial charge in [0.25, 0.3) is 0 Å². The van der Waals surface area contributed by atoms with E-state index in [1.165, 1.54) is 25.7 Å². The Morgan fingerprint density at radius 3 is 2.61 bits per heavy atom. The van der Waals surface area contributed by atoms with Crippen LogP contribution in [0.25, 0.3) is 0 Å². The second kappa shape index (κ2) is 10.2. The summed E-state index contributed by atoms with van der Waals surface area (Å²) in [6, 6.07) is 5.99. The maximum absolute atomic E-state index is 13.2. The second-order valence-electron chi connectivity index (χ2n) is 9.84. The Bertz CT molecular complexity index is 735. The molecule has 6 heteroatoms. The van der Waals surface area contributed by atoms with E-state index in [1.807, 2.05) is 23.1 Å². The van der Waals surface area contributed by atoms with Crippen molar-refractivity contribution in [2.75, 3.05) is 40.1 Å². The zero-order chi connectivity index (χ0) is 21.7. The molecule has 1 atom stereocenters. The van der Waals surface area contributed by atoms with Gasteiger partial charge in [-0.25, -0.2) is 0 Å². The number of nitrogens with zero attached hydrogens (tertiary/aromatic N) is 1. The molecular weight excluding hydrogens is 394 g/mol. The van der Waals surface area contributed by atoms with E-state index in [9.17, 15) is 4.79 Å². The Labute approximate surface area is 186 Å². The summed E-state index contributed by atoms with van der Waals surface area (Å²) in [5.74, 6) is 2.24. The average molecular weight is 432 g/mol. The highest BCUT2D eigenvalue weighted by molar-refractivity contribution is 5.76. The van der Waals surface area contributed by atoms with Crippen molar-refractivity contribution in [3.63, 3.8) is 0 Å². The number of amides is 1. The van der Waals surface area contributed by atoms with Gasteiger partial charge in [-0.2, -0.15) is 0 Å². The van der Waals surface area contributed by atoms with E-state index in [-0.39, 0.29) is 17.4 Å². The lowest BCUT2D eigenvalue weighted by Crippen LogP contribution is -2.44. The molecule has 2 heterocycles. The molecule has 0 N–H and O–H groups in total. The molecule has 0 aromatic heterocycles. The van der Waals surface area contributed by atoms with Crippen LogP contribution in [-0.2, 0) is 20.8 Å². The first-order valence-electron chi connectivity index (χ1n) is 11.8. The molecule has 172 valence electrons. The SMILES string of the molecule is COc1ccc(CN(CC2CCCO2)C(=O)CC2CCCC2)cc1OCC1(C)COC1. The van der Waals surface area contributed by atoms with Gasteiger partial charge < -0.3 is 23.8 Å². The molecule has 1 saturated carbocycles. The molecule has 2 aliphatic heterocycles. The Balaban J connectivity index is 1.44. The van der Waals surface area contributed by atoms with E-state index in [0.29, 0.717) is 32.0 Å². The predicted molar refractivity (Wildman–Crippen MR) is 118 cm³/mol. The Morgan fingerprint density at radius 2 is 1.97 bits per heavy atom. The van der Waals surface area contributed by atoms with Crippen molar-refractivity contribution in [3.05, 3.63) is 23.8 Å². The summed E-state index contributed by atoms with van der Waals surface area (Å²) in [5.41, 5.74) is 1.12. The van der Waals surface area contributed by atoms with Gasteiger partial charge in [-0.15, -0.1) is 0 Å². The quantitative estimate of drug-likeness (QED) is 0.556. The minimum Gasteiger partial charge on any atom is -0.493 e. The van der Waals surface area contributed by atoms with E-state index >= 15 is 0 Å². The molecule has 6 nitrogen and oxygen atoms in total. The van der Waals surface area contributed by atoms with Gasteiger partial charge in [0.05, 0.1) is 33.0 Å². The van der Waals surface area contributed by atoms with Gasteiger partial charge in [0, 0.05) is 31.5 Å². The first-order chi connectivity index (χ1) is 15.0. The van der Waals surface area contributed by atoms with E-state index in [0.717, 1.165) is 49.7 Å². The van der Waals surface area contributed by atoms with Gasteiger partial charge in [-0.3, -0.25) is 4.79 Å². The number of methoxy groups -OCH3 is 1. The van der Waals surface area contributed by atoms with Gasteiger partial charge in [0.1, 0.15) is 0 Å². The van der Waals surface area contributed by atoms with Crippen LogP contribution >= 0.6 is 0 Å². The number of ether oxygens (including phenoxy) is 4. The van der Waals surface area contributed by atoms with Crippen molar-refractivity contribution < 1.29 is 23.7 Å². The molecule has 1 aliphatic carbocycles. The minimum absolute atomic E-state index is 0.0596. The molecule has 1 aromatic rings. The van der Waals surface area contributed by atoms with Crippen LogP contribution in [0.4, 0.5) is 0 Å². The summed E-state index contributed by atoms with van der Waals surface area (Å²) in [6.45, 7) is 6.25. The lowest BCUT2D eigenvalue weighted by Gasteiger charge is -2.37. The number of benzene rings is 1.